The molecule has 28 heavy (non-hydrogen) atoms. The third-order valence-electron chi connectivity index (χ3n) is 8.44. The van der Waals surface area contributed by atoms with E-state index in [1.807, 2.05) is 0 Å². The fourth-order valence-electron chi connectivity index (χ4n) is 7.02. The lowest BCUT2D eigenvalue weighted by Crippen LogP contribution is -2.57. The second-order valence-corrected chi connectivity index (χ2v) is 10.1. The highest BCUT2D eigenvalue weighted by atomic mass is 32.2. The Balaban J connectivity index is 1.70. The zero-order chi connectivity index (χ0) is 20.2. The lowest BCUT2D eigenvalue weighted by molar-refractivity contribution is -0.173. The molecule has 6 atom stereocenters. The Labute approximate surface area is 169 Å². The van der Waals surface area contributed by atoms with Crippen LogP contribution in [0.4, 0.5) is 4.39 Å². The Morgan fingerprint density at radius 3 is 2.75 bits per heavy atom. The minimum Gasteiger partial charge on any atom is -0.452 e. The predicted octanol–water partition coefficient (Wildman–Crippen LogP) is 4.39. The molecule has 5 unspecified atom stereocenters. The van der Waals surface area contributed by atoms with Gasteiger partial charge < -0.3 is 4.74 Å². The fourth-order valence-corrected chi connectivity index (χ4v) is 7.74. The number of hydrogen-bond donors (Lipinski definition) is 0. The summed E-state index contributed by atoms with van der Waals surface area (Å²) in [6.45, 7) is 4.67. The van der Waals surface area contributed by atoms with Gasteiger partial charge in [0.15, 0.2) is 11.4 Å². The van der Waals surface area contributed by atoms with Gasteiger partial charge in [0.25, 0.3) is 6.47 Å². The number of allylic oxidation sites excluding steroid dienone is 4. The number of carbonyl (C=O) groups excluding carboxylic acids is 3. The molecule has 4 aliphatic rings. The average Bonchev–Trinajstić information content (AvgIpc) is 2.96. The Bertz CT molecular complexity index is 776. The lowest BCUT2D eigenvalue weighted by Gasteiger charge is -2.58. The number of ether oxygens (including phenoxy) is 1. The highest BCUT2D eigenvalue weighted by Crippen LogP contribution is 2.68. The molecule has 0 N–H and O–H groups in total. The van der Waals surface area contributed by atoms with Crippen molar-refractivity contribution in [2.24, 2.45) is 28.6 Å². The van der Waals surface area contributed by atoms with Gasteiger partial charge in [-0.2, -0.15) is 0 Å². The molecule has 0 amide bonds. The number of hydrogen-bond acceptors (Lipinski definition) is 5. The number of thioether (sulfide) groups is 1. The molecule has 0 spiro atoms. The molecular weight excluding hydrogens is 379 g/mol. The van der Waals surface area contributed by atoms with Crippen LogP contribution in [0.25, 0.3) is 0 Å². The SMILES string of the molecule is CC12C=CC(=O)C=C1CCC1C2CCC2(C)C1CC[C@]2(OC=O)C(=O)SCF. The largest absolute Gasteiger partial charge is 0.452 e. The first-order valence-electron chi connectivity index (χ1n) is 10.1. The molecule has 0 aromatic rings. The van der Waals surface area contributed by atoms with Crippen LogP contribution in [0.3, 0.4) is 0 Å². The summed E-state index contributed by atoms with van der Waals surface area (Å²) in [5.74, 6) is 1.13. The molecule has 3 saturated carbocycles. The van der Waals surface area contributed by atoms with Crippen molar-refractivity contribution < 1.29 is 23.5 Å². The molecule has 0 aliphatic heterocycles. The van der Waals surface area contributed by atoms with Crippen molar-refractivity contribution in [1.82, 2.24) is 0 Å². The monoisotopic (exact) mass is 406 g/mol. The molecule has 4 nitrogen and oxygen atoms in total. The van der Waals surface area contributed by atoms with Gasteiger partial charge in [-0.05, 0) is 80.2 Å². The molecule has 152 valence electrons. The Morgan fingerprint density at radius 1 is 1.29 bits per heavy atom. The highest BCUT2D eigenvalue weighted by molar-refractivity contribution is 8.13. The molecule has 0 radical (unpaired) electrons. The smallest absolute Gasteiger partial charge is 0.294 e. The maximum absolute atomic E-state index is 12.9. The molecule has 0 heterocycles. The number of alkyl halides is 1. The van der Waals surface area contributed by atoms with E-state index in [-0.39, 0.29) is 22.2 Å². The van der Waals surface area contributed by atoms with E-state index in [0.29, 0.717) is 36.5 Å². The van der Waals surface area contributed by atoms with Crippen molar-refractivity contribution in [1.29, 1.82) is 0 Å². The summed E-state index contributed by atoms with van der Waals surface area (Å²) in [4.78, 5) is 36.1. The molecule has 4 rings (SSSR count). The number of fused-ring (bicyclic) bond motifs is 5. The highest BCUT2D eigenvalue weighted by Gasteiger charge is 2.68. The number of carbonyl (C=O) groups is 3. The summed E-state index contributed by atoms with van der Waals surface area (Å²) >= 11 is 0.621. The van der Waals surface area contributed by atoms with E-state index in [2.05, 4.69) is 19.9 Å². The van der Waals surface area contributed by atoms with Crippen LogP contribution in [0.5, 0.6) is 0 Å². The van der Waals surface area contributed by atoms with Gasteiger partial charge in [0.05, 0.1) is 0 Å². The first-order valence-corrected chi connectivity index (χ1v) is 11.1. The molecule has 0 saturated heterocycles. The standard InChI is InChI=1S/C22H27FO4S/c1-20-8-5-15(25)11-14(20)3-4-16-17(20)6-9-21(2)18(16)7-10-22(21,27-13-24)19(26)28-12-23/h5,8,11,13,16-18H,3-4,6-7,9-10,12H2,1-2H3/t16?,17?,18?,20?,21?,22-/m0/s1. The van der Waals surface area contributed by atoms with E-state index in [1.54, 1.807) is 12.2 Å². The van der Waals surface area contributed by atoms with Gasteiger partial charge >= 0.3 is 0 Å². The zero-order valence-electron chi connectivity index (χ0n) is 16.4. The maximum Gasteiger partial charge on any atom is 0.294 e. The van der Waals surface area contributed by atoms with E-state index in [9.17, 15) is 18.8 Å². The summed E-state index contributed by atoms with van der Waals surface area (Å²) in [7, 11) is 0. The molecule has 4 aliphatic carbocycles. The van der Waals surface area contributed by atoms with Crippen molar-refractivity contribution in [3.05, 3.63) is 23.8 Å². The quantitative estimate of drug-likeness (QED) is 0.648. The zero-order valence-corrected chi connectivity index (χ0v) is 17.2. The Kier molecular flexibility index (Phi) is 4.84. The van der Waals surface area contributed by atoms with Crippen molar-refractivity contribution in [3.63, 3.8) is 0 Å². The number of halogens is 1. The van der Waals surface area contributed by atoms with Crippen molar-refractivity contribution in [3.8, 4) is 0 Å². The topological polar surface area (TPSA) is 60.4 Å². The molecule has 0 bridgehead atoms. The van der Waals surface area contributed by atoms with Crippen LogP contribution in [-0.2, 0) is 19.1 Å². The second-order valence-electron chi connectivity index (χ2n) is 9.18. The molecule has 0 aromatic carbocycles. The summed E-state index contributed by atoms with van der Waals surface area (Å²) in [6.07, 6.45) is 10.4. The normalized spacial score (nSPS) is 44.2. The first-order chi connectivity index (χ1) is 13.3. The molecule has 6 heteroatoms. The van der Waals surface area contributed by atoms with Crippen LogP contribution in [0, 0.1) is 28.6 Å². The molecule has 3 fully saturated rings. The van der Waals surface area contributed by atoms with Gasteiger partial charge in [0, 0.05) is 10.8 Å². The van der Waals surface area contributed by atoms with E-state index in [4.69, 9.17) is 4.74 Å². The first kappa shape index (κ1) is 19.9. The van der Waals surface area contributed by atoms with Gasteiger partial charge in [-0.25, -0.2) is 4.39 Å². The van der Waals surface area contributed by atoms with E-state index in [1.165, 1.54) is 5.57 Å². The average molecular weight is 407 g/mol. The van der Waals surface area contributed by atoms with Crippen LogP contribution in [0.1, 0.15) is 52.4 Å². The summed E-state index contributed by atoms with van der Waals surface area (Å²) < 4.78 is 18.5. The van der Waals surface area contributed by atoms with Crippen LogP contribution in [-0.4, -0.2) is 29.0 Å². The van der Waals surface area contributed by atoms with Crippen molar-refractivity contribution in [2.45, 2.75) is 58.0 Å². The van der Waals surface area contributed by atoms with Crippen molar-refractivity contribution >= 4 is 29.1 Å². The third kappa shape index (κ3) is 2.52. The van der Waals surface area contributed by atoms with Gasteiger partial charge in [-0.15, -0.1) is 0 Å². The van der Waals surface area contributed by atoms with Crippen LogP contribution in [0.15, 0.2) is 23.8 Å². The Hall–Kier alpha value is -1.43. The van der Waals surface area contributed by atoms with Gasteiger partial charge in [0.2, 0.25) is 5.12 Å². The van der Waals surface area contributed by atoms with Crippen LogP contribution >= 0.6 is 11.8 Å². The number of rotatable bonds is 4. The maximum atomic E-state index is 12.9. The minimum atomic E-state index is -1.23. The summed E-state index contributed by atoms with van der Waals surface area (Å²) in [5, 5.41) is -0.351. The van der Waals surface area contributed by atoms with Crippen LogP contribution in [0.2, 0.25) is 0 Å². The molecule has 0 aromatic heterocycles. The van der Waals surface area contributed by atoms with E-state index >= 15 is 0 Å². The summed E-state index contributed by atoms with van der Waals surface area (Å²) in [6, 6.07) is -0.805. The van der Waals surface area contributed by atoms with Gasteiger partial charge in [-0.1, -0.05) is 25.5 Å². The Morgan fingerprint density at radius 2 is 2.04 bits per heavy atom. The van der Waals surface area contributed by atoms with Gasteiger partial charge in [-0.3, -0.25) is 14.4 Å². The third-order valence-corrected chi connectivity index (χ3v) is 9.14. The molecular formula is C22H27FO4S. The van der Waals surface area contributed by atoms with E-state index < -0.39 is 17.0 Å². The lowest BCUT2D eigenvalue weighted by atomic mass is 9.47. The van der Waals surface area contributed by atoms with Crippen LogP contribution < -0.4 is 0 Å². The van der Waals surface area contributed by atoms with E-state index in [0.717, 1.165) is 32.1 Å². The predicted molar refractivity (Wildman–Crippen MR) is 105 cm³/mol. The van der Waals surface area contributed by atoms with Gasteiger partial charge in [0.1, 0.15) is 6.01 Å². The second kappa shape index (κ2) is 6.82. The van der Waals surface area contributed by atoms with Crippen molar-refractivity contribution in [2.75, 3.05) is 6.01 Å². The fraction of sp³-hybridized carbons (Fsp3) is 0.682. The minimum absolute atomic E-state index is 0.0692. The number of ketones is 1. The summed E-state index contributed by atoms with van der Waals surface area (Å²) in [5.41, 5.74) is -0.592.